The van der Waals surface area contributed by atoms with E-state index in [9.17, 15) is 9.90 Å². The van der Waals surface area contributed by atoms with Gasteiger partial charge in [0.2, 0.25) is 5.91 Å². The topological polar surface area (TPSA) is 116 Å². The van der Waals surface area contributed by atoms with Gasteiger partial charge in [-0.1, -0.05) is 25.4 Å². The zero-order valence-corrected chi connectivity index (χ0v) is 28.5. The van der Waals surface area contributed by atoms with Gasteiger partial charge in [-0.05, 0) is 62.3 Å². The number of fused-ring (bicyclic) bond motifs is 8. The number of pyridine rings is 1. The number of likely N-dealkylation sites (N-methyl/N-ethyl adjacent to an activating group) is 1. The number of phenolic OH excluding ortho intramolecular Hbond substituents is 1. The number of carbonyl (C=O) groups excluding carboxylic acids is 1. The van der Waals surface area contributed by atoms with E-state index in [1.807, 2.05) is 25.8 Å². The van der Waals surface area contributed by atoms with Gasteiger partial charge in [-0.25, -0.2) is 4.39 Å². The molecule has 0 saturated carbocycles. The third-order valence-electron chi connectivity index (χ3n) is 11.2. The third kappa shape index (κ3) is 5.45. The molecule has 1 amide bonds. The molecule has 4 atom stereocenters. The highest BCUT2D eigenvalue weighted by Gasteiger charge is 2.50. The second-order valence-electron chi connectivity index (χ2n) is 14.9. The van der Waals surface area contributed by atoms with Crippen LogP contribution in [0.3, 0.4) is 0 Å². The number of nitrogens with zero attached hydrogens (tertiary/aromatic N) is 6. The van der Waals surface area contributed by atoms with E-state index < -0.39 is 5.82 Å². The molecule has 7 heterocycles. The molecule has 4 saturated heterocycles. The van der Waals surface area contributed by atoms with Crippen molar-refractivity contribution in [3.05, 3.63) is 34.7 Å². The largest absolute Gasteiger partial charge is 0.508 e. The first-order valence-electron chi connectivity index (χ1n) is 17.2. The van der Waals surface area contributed by atoms with Crippen LogP contribution in [0.2, 0.25) is 5.02 Å². The van der Waals surface area contributed by atoms with Crippen molar-refractivity contribution in [2.75, 3.05) is 57.9 Å². The summed E-state index contributed by atoms with van der Waals surface area (Å²) in [5.41, 5.74) is 0.703. The maximum atomic E-state index is 16.9. The second-order valence-corrected chi connectivity index (χ2v) is 15.3. The van der Waals surface area contributed by atoms with Crippen molar-refractivity contribution in [1.82, 2.24) is 30.1 Å². The predicted octanol–water partition coefficient (Wildman–Crippen LogP) is 4.49. The lowest BCUT2D eigenvalue weighted by Crippen LogP contribution is -2.64. The first kappa shape index (κ1) is 31.9. The Labute approximate surface area is 284 Å². The van der Waals surface area contributed by atoms with Crippen molar-refractivity contribution in [2.45, 2.75) is 81.5 Å². The summed E-state index contributed by atoms with van der Waals surface area (Å²) in [7, 11) is 1.87. The lowest BCUT2D eigenvalue weighted by atomic mass is 9.94. The molecule has 13 heteroatoms. The van der Waals surface area contributed by atoms with Crippen molar-refractivity contribution in [3.63, 3.8) is 0 Å². The van der Waals surface area contributed by atoms with Gasteiger partial charge in [-0.3, -0.25) is 14.7 Å². The van der Waals surface area contributed by atoms with Crippen molar-refractivity contribution in [2.24, 2.45) is 0 Å². The SMILES string of the molecule is CC(C)c1c(Cl)cc(O)cc1-c1ncc2c3nc(nc2c1F)OC[C@]12CCCN1C[C@@H](C2)OCCC(=O)N(C)C[C@@]12CCC(CN3C1)N2. The van der Waals surface area contributed by atoms with Crippen LogP contribution in [0.15, 0.2) is 18.3 Å². The van der Waals surface area contributed by atoms with Gasteiger partial charge in [0, 0.05) is 56.1 Å². The maximum Gasteiger partial charge on any atom is 0.319 e. The van der Waals surface area contributed by atoms with E-state index >= 15 is 4.39 Å². The molecule has 7 bridgehead atoms. The molecule has 256 valence electrons. The molecule has 0 radical (unpaired) electrons. The number of nitrogens with one attached hydrogen (secondary N) is 1. The molecule has 2 N–H and O–H groups in total. The number of amides is 1. The number of phenols is 1. The Morgan fingerprint density at radius 3 is 2.88 bits per heavy atom. The molecule has 0 aliphatic carbocycles. The minimum absolute atomic E-state index is 0.00675. The van der Waals surface area contributed by atoms with Crippen LogP contribution in [0.4, 0.5) is 10.2 Å². The number of piperazine rings is 1. The number of carbonyl (C=O) groups is 1. The summed E-state index contributed by atoms with van der Waals surface area (Å²) in [5.74, 6) is -0.111. The Bertz CT molecular complexity index is 1780. The Kier molecular flexibility index (Phi) is 7.93. The monoisotopic (exact) mass is 679 g/mol. The predicted molar refractivity (Wildman–Crippen MR) is 180 cm³/mol. The summed E-state index contributed by atoms with van der Waals surface area (Å²) in [6.45, 7) is 8.20. The van der Waals surface area contributed by atoms with Crippen LogP contribution in [-0.4, -0.2) is 112 Å². The first-order chi connectivity index (χ1) is 23.0. The van der Waals surface area contributed by atoms with Crippen LogP contribution in [0.1, 0.15) is 63.9 Å². The van der Waals surface area contributed by atoms with Crippen LogP contribution >= 0.6 is 11.6 Å². The molecule has 3 aromatic rings. The molecule has 1 unspecified atom stereocenters. The Morgan fingerprint density at radius 1 is 1.19 bits per heavy atom. The van der Waals surface area contributed by atoms with Crippen LogP contribution in [0.5, 0.6) is 11.8 Å². The van der Waals surface area contributed by atoms with E-state index in [1.165, 1.54) is 12.1 Å². The van der Waals surface area contributed by atoms with E-state index in [0.717, 1.165) is 45.2 Å². The van der Waals surface area contributed by atoms with Gasteiger partial charge in [0.1, 0.15) is 29.4 Å². The molecule has 8 rings (SSSR count). The van der Waals surface area contributed by atoms with E-state index in [0.29, 0.717) is 66.6 Å². The Morgan fingerprint density at radius 2 is 2.04 bits per heavy atom. The average Bonchev–Trinajstić information content (AvgIpc) is 3.68. The Balaban J connectivity index is 1.27. The number of anilines is 1. The highest BCUT2D eigenvalue weighted by Crippen LogP contribution is 2.43. The fourth-order valence-electron chi connectivity index (χ4n) is 9.05. The number of benzene rings is 1. The molecular weight excluding hydrogens is 637 g/mol. The highest BCUT2D eigenvalue weighted by molar-refractivity contribution is 6.32. The molecule has 1 aromatic carbocycles. The number of aromatic hydroxyl groups is 1. The molecule has 5 aliphatic heterocycles. The minimum Gasteiger partial charge on any atom is -0.508 e. The van der Waals surface area contributed by atoms with Gasteiger partial charge in [0.25, 0.3) is 0 Å². The number of aromatic nitrogens is 3. The molecule has 2 aromatic heterocycles. The van der Waals surface area contributed by atoms with Crippen molar-refractivity contribution in [3.8, 4) is 23.0 Å². The summed E-state index contributed by atoms with van der Waals surface area (Å²) in [4.78, 5) is 34.0. The lowest BCUT2D eigenvalue weighted by molar-refractivity contribution is -0.132. The molecule has 11 nitrogen and oxygen atoms in total. The van der Waals surface area contributed by atoms with Crippen LogP contribution in [-0.2, 0) is 9.53 Å². The fourth-order valence-corrected chi connectivity index (χ4v) is 9.48. The third-order valence-corrected chi connectivity index (χ3v) is 11.5. The van der Waals surface area contributed by atoms with Gasteiger partial charge in [0.15, 0.2) is 5.82 Å². The van der Waals surface area contributed by atoms with Crippen molar-refractivity contribution in [1.29, 1.82) is 0 Å². The molecule has 5 aliphatic rings. The first-order valence-corrected chi connectivity index (χ1v) is 17.6. The van der Waals surface area contributed by atoms with Gasteiger partial charge in [-0.15, -0.1) is 0 Å². The van der Waals surface area contributed by atoms with E-state index in [4.69, 9.17) is 31.0 Å². The molecule has 2 spiro atoms. The molecule has 4 fully saturated rings. The second kappa shape index (κ2) is 11.9. The standard InChI is InChI=1S/C35H43ClFN7O4/c1-20(2)28-24(11-22(45)12-26(28)36)30-29(37)31-25(14-38-30)32-40-33(39-31)48-19-35-7-4-9-44(35)16-23(13-35)47-10-6-27(46)42(3)17-34-8-5-21(41-34)15-43(32)18-34/h11-12,14,20-21,23,41,45H,4-10,13,15-19H2,1-3H3/t21?,23-,34+,35-/m1/s1. The normalized spacial score (nSPS) is 29.4. The van der Waals surface area contributed by atoms with Gasteiger partial charge in [-0.2, -0.15) is 9.97 Å². The van der Waals surface area contributed by atoms with Gasteiger partial charge >= 0.3 is 6.01 Å². The van der Waals surface area contributed by atoms with E-state index in [-0.39, 0.29) is 58.0 Å². The lowest BCUT2D eigenvalue weighted by Gasteiger charge is -2.44. The number of halogens is 2. The van der Waals surface area contributed by atoms with Crippen molar-refractivity contribution < 1.29 is 23.8 Å². The number of ether oxygens (including phenoxy) is 2. The summed E-state index contributed by atoms with van der Waals surface area (Å²) in [6, 6.07) is 3.28. The van der Waals surface area contributed by atoms with Crippen molar-refractivity contribution >= 4 is 34.2 Å². The number of hydrogen-bond acceptors (Lipinski definition) is 10. The van der Waals surface area contributed by atoms with Gasteiger partial charge < -0.3 is 29.7 Å². The number of hydrogen-bond donors (Lipinski definition) is 2. The summed E-state index contributed by atoms with van der Waals surface area (Å²) < 4.78 is 29.7. The summed E-state index contributed by atoms with van der Waals surface area (Å²) >= 11 is 6.57. The fraction of sp³-hybridized carbons (Fsp3) is 0.600. The summed E-state index contributed by atoms with van der Waals surface area (Å²) in [6.07, 6.45) is 6.64. The smallest absolute Gasteiger partial charge is 0.319 e. The zero-order chi connectivity index (χ0) is 33.4. The maximum absolute atomic E-state index is 16.9. The molecule has 48 heavy (non-hydrogen) atoms. The summed E-state index contributed by atoms with van der Waals surface area (Å²) in [5, 5.41) is 15.1. The average molecular weight is 680 g/mol. The van der Waals surface area contributed by atoms with Crippen LogP contribution in [0.25, 0.3) is 22.2 Å². The quantitative estimate of drug-likeness (QED) is 0.402. The van der Waals surface area contributed by atoms with Crippen LogP contribution in [0, 0.1) is 5.82 Å². The van der Waals surface area contributed by atoms with Crippen LogP contribution < -0.4 is 15.0 Å². The zero-order valence-electron chi connectivity index (χ0n) is 27.8. The van der Waals surface area contributed by atoms with E-state index in [2.05, 4.69) is 20.1 Å². The Hall–Kier alpha value is -3.32. The van der Waals surface area contributed by atoms with E-state index in [1.54, 1.807) is 6.20 Å². The number of rotatable bonds is 2. The molecular formula is C35H43ClFN7O4. The van der Waals surface area contributed by atoms with Gasteiger partial charge in [0.05, 0.1) is 35.6 Å². The minimum atomic E-state index is -0.622. The highest BCUT2D eigenvalue weighted by atomic mass is 35.5.